The van der Waals surface area contributed by atoms with Crippen molar-refractivity contribution in [3.05, 3.63) is 0 Å². The van der Waals surface area contributed by atoms with Crippen LogP contribution in [0, 0.1) is 0 Å². The molecule has 0 bridgehead atoms. The first kappa shape index (κ1) is 4.78. The highest BCUT2D eigenvalue weighted by molar-refractivity contribution is 5.62. The monoisotopic (exact) mass is 100 g/mol. The van der Waals surface area contributed by atoms with Gasteiger partial charge in [-0.15, -0.1) is 0 Å². The van der Waals surface area contributed by atoms with Crippen molar-refractivity contribution in [2.45, 2.75) is 25.6 Å². The molecule has 0 unspecified atom stereocenters. The number of ether oxygens (including phenoxy) is 1. The molecule has 1 fully saturated rings. The number of rotatable bonds is 1. The quantitative estimate of drug-likeness (QED) is 0.352. The van der Waals surface area contributed by atoms with Gasteiger partial charge in [0, 0.05) is 0 Å². The zero-order valence-corrected chi connectivity index (χ0v) is 4.47. The van der Waals surface area contributed by atoms with Crippen LogP contribution in [0.2, 0.25) is 0 Å². The molecule has 0 aromatic carbocycles. The SMILES string of the molecule is CC1(C)O[C@H]1C=O. The van der Waals surface area contributed by atoms with Gasteiger partial charge in [-0.3, -0.25) is 0 Å². The second kappa shape index (κ2) is 1.07. The van der Waals surface area contributed by atoms with Crippen molar-refractivity contribution in [2.24, 2.45) is 0 Å². The van der Waals surface area contributed by atoms with E-state index < -0.39 is 0 Å². The molecule has 0 saturated carbocycles. The average molecular weight is 100 g/mol. The number of hydrogen-bond acceptors (Lipinski definition) is 2. The smallest absolute Gasteiger partial charge is 0.151 e. The first-order valence-electron chi connectivity index (χ1n) is 2.30. The lowest BCUT2D eigenvalue weighted by molar-refractivity contribution is -0.108. The van der Waals surface area contributed by atoms with Gasteiger partial charge in [0.15, 0.2) is 6.29 Å². The minimum absolute atomic E-state index is 0.132. The Labute approximate surface area is 42.5 Å². The minimum Gasteiger partial charge on any atom is -0.359 e. The number of aldehydes is 1. The van der Waals surface area contributed by atoms with Crippen molar-refractivity contribution in [3.63, 3.8) is 0 Å². The van der Waals surface area contributed by atoms with Crippen molar-refractivity contribution < 1.29 is 9.53 Å². The van der Waals surface area contributed by atoms with E-state index in [1.165, 1.54) is 0 Å². The predicted molar refractivity (Wildman–Crippen MR) is 25.0 cm³/mol. The van der Waals surface area contributed by atoms with Gasteiger partial charge in [-0.1, -0.05) is 0 Å². The van der Waals surface area contributed by atoms with Crippen LogP contribution in [-0.4, -0.2) is 18.0 Å². The van der Waals surface area contributed by atoms with Gasteiger partial charge in [-0.25, -0.2) is 0 Å². The highest BCUT2D eigenvalue weighted by atomic mass is 16.6. The van der Waals surface area contributed by atoms with E-state index in [0.29, 0.717) is 0 Å². The number of carbonyl (C=O) groups is 1. The fraction of sp³-hybridized carbons (Fsp3) is 0.800. The summed E-state index contributed by atoms with van der Waals surface area (Å²) in [5.41, 5.74) is -0.151. The van der Waals surface area contributed by atoms with E-state index in [4.69, 9.17) is 4.74 Å². The molecular weight excluding hydrogens is 92.1 g/mol. The molecule has 0 amide bonds. The van der Waals surface area contributed by atoms with Crippen LogP contribution >= 0.6 is 0 Å². The minimum atomic E-state index is -0.151. The van der Waals surface area contributed by atoms with Gasteiger partial charge in [-0.2, -0.15) is 0 Å². The van der Waals surface area contributed by atoms with Crippen molar-refractivity contribution in [3.8, 4) is 0 Å². The normalized spacial score (nSPS) is 34.9. The van der Waals surface area contributed by atoms with Crippen LogP contribution in [0.3, 0.4) is 0 Å². The van der Waals surface area contributed by atoms with Crippen molar-refractivity contribution in [2.75, 3.05) is 0 Å². The second-order valence-electron chi connectivity index (χ2n) is 2.28. The number of hydrogen-bond donors (Lipinski definition) is 0. The summed E-state index contributed by atoms with van der Waals surface area (Å²) in [4.78, 5) is 9.86. The lowest BCUT2D eigenvalue weighted by atomic mass is 10.2. The summed E-state index contributed by atoms with van der Waals surface area (Å²) in [7, 11) is 0. The molecule has 7 heavy (non-hydrogen) atoms. The molecule has 1 saturated heterocycles. The molecule has 0 aromatic rings. The zero-order valence-electron chi connectivity index (χ0n) is 4.47. The lowest BCUT2D eigenvalue weighted by Gasteiger charge is -1.84. The van der Waals surface area contributed by atoms with Crippen LogP contribution in [0.25, 0.3) is 0 Å². The Hall–Kier alpha value is -0.370. The Balaban J connectivity index is 2.44. The van der Waals surface area contributed by atoms with Gasteiger partial charge in [0.05, 0.1) is 5.60 Å². The third-order valence-corrected chi connectivity index (χ3v) is 1.18. The van der Waals surface area contributed by atoms with Crippen molar-refractivity contribution in [1.29, 1.82) is 0 Å². The Morgan fingerprint density at radius 2 is 2.14 bits per heavy atom. The van der Waals surface area contributed by atoms with Gasteiger partial charge < -0.3 is 9.53 Å². The van der Waals surface area contributed by atoms with Gasteiger partial charge in [0.25, 0.3) is 0 Å². The maximum absolute atomic E-state index is 9.86. The molecule has 1 aliphatic heterocycles. The Kier molecular flexibility index (Phi) is 0.729. The molecule has 1 aliphatic rings. The first-order chi connectivity index (χ1) is 3.17. The molecule has 0 aromatic heterocycles. The Morgan fingerprint density at radius 3 is 2.14 bits per heavy atom. The lowest BCUT2D eigenvalue weighted by Crippen LogP contribution is -2.02. The summed E-state index contributed by atoms with van der Waals surface area (Å²) in [5.74, 6) is 0. The largest absolute Gasteiger partial charge is 0.359 e. The van der Waals surface area contributed by atoms with E-state index in [2.05, 4.69) is 0 Å². The molecule has 0 radical (unpaired) electrons. The van der Waals surface area contributed by atoms with E-state index in [1.807, 2.05) is 13.8 Å². The highest BCUT2D eigenvalue weighted by Crippen LogP contribution is 2.32. The number of carbonyl (C=O) groups excluding carboxylic acids is 1. The van der Waals surface area contributed by atoms with Crippen molar-refractivity contribution in [1.82, 2.24) is 0 Å². The second-order valence-corrected chi connectivity index (χ2v) is 2.28. The van der Waals surface area contributed by atoms with Crippen molar-refractivity contribution >= 4 is 6.29 Å². The van der Waals surface area contributed by atoms with E-state index in [-0.39, 0.29) is 11.7 Å². The van der Waals surface area contributed by atoms with Crippen LogP contribution in [0.5, 0.6) is 0 Å². The molecule has 40 valence electrons. The average Bonchev–Trinajstić information content (AvgIpc) is 2.13. The summed E-state index contributed by atoms with van der Waals surface area (Å²) in [6.45, 7) is 3.79. The van der Waals surface area contributed by atoms with Gasteiger partial charge in [0.1, 0.15) is 6.10 Å². The maximum atomic E-state index is 9.86. The molecule has 2 nitrogen and oxygen atoms in total. The van der Waals surface area contributed by atoms with E-state index in [9.17, 15) is 4.79 Å². The predicted octanol–water partition coefficient (Wildman–Crippen LogP) is 0.363. The third kappa shape index (κ3) is 0.657. The fourth-order valence-electron chi connectivity index (χ4n) is 0.485. The molecule has 0 N–H and O–H groups in total. The van der Waals surface area contributed by atoms with Crippen LogP contribution in [0.15, 0.2) is 0 Å². The Bertz CT molecular complexity index is 96.3. The molecular formula is C5H8O2. The molecule has 0 spiro atoms. The van der Waals surface area contributed by atoms with E-state index in [1.54, 1.807) is 0 Å². The van der Waals surface area contributed by atoms with Gasteiger partial charge in [-0.05, 0) is 13.8 Å². The van der Waals surface area contributed by atoms with Crippen LogP contribution < -0.4 is 0 Å². The van der Waals surface area contributed by atoms with Crippen LogP contribution in [0.1, 0.15) is 13.8 Å². The molecule has 1 atom stereocenters. The molecule has 2 heteroatoms. The van der Waals surface area contributed by atoms with E-state index in [0.717, 1.165) is 6.29 Å². The maximum Gasteiger partial charge on any atom is 0.151 e. The summed E-state index contributed by atoms with van der Waals surface area (Å²) < 4.78 is 4.89. The summed E-state index contributed by atoms with van der Waals surface area (Å²) in [5, 5.41) is 0. The highest BCUT2D eigenvalue weighted by Gasteiger charge is 2.47. The molecule has 1 rings (SSSR count). The molecule has 1 heterocycles. The third-order valence-electron chi connectivity index (χ3n) is 1.18. The zero-order chi connectivity index (χ0) is 5.49. The standard InChI is InChI=1S/C5H8O2/c1-5(2)4(3-6)7-5/h3-4H,1-2H3/t4-/m0/s1. The van der Waals surface area contributed by atoms with Gasteiger partial charge in [0.2, 0.25) is 0 Å². The molecule has 0 aliphatic carbocycles. The van der Waals surface area contributed by atoms with Gasteiger partial charge >= 0.3 is 0 Å². The number of epoxide rings is 1. The summed E-state index contributed by atoms with van der Waals surface area (Å²) in [6.07, 6.45) is 0.701. The van der Waals surface area contributed by atoms with E-state index >= 15 is 0 Å². The summed E-state index contributed by atoms with van der Waals surface area (Å²) in [6, 6.07) is 0. The Morgan fingerprint density at radius 1 is 1.71 bits per heavy atom. The van der Waals surface area contributed by atoms with Crippen LogP contribution in [0.4, 0.5) is 0 Å². The van der Waals surface area contributed by atoms with Crippen LogP contribution in [-0.2, 0) is 9.53 Å². The summed E-state index contributed by atoms with van der Waals surface area (Å²) >= 11 is 0. The first-order valence-corrected chi connectivity index (χ1v) is 2.30. The topological polar surface area (TPSA) is 29.6 Å². The fourth-order valence-corrected chi connectivity index (χ4v) is 0.485.